The molecule has 2 aliphatic heterocycles. The number of carbonyl (C=O) groups excluding carboxylic acids is 1. The van der Waals surface area contributed by atoms with E-state index in [2.05, 4.69) is 10.1 Å². The Morgan fingerprint density at radius 1 is 1.38 bits per heavy atom. The summed E-state index contributed by atoms with van der Waals surface area (Å²) in [4.78, 5) is 18.3. The number of hydrogen-bond donors (Lipinski definition) is 0. The molecule has 6 nitrogen and oxygen atoms in total. The number of hydrogen-bond acceptors (Lipinski definition) is 5. The Hall–Kier alpha value is -1.86. The third kappa shape index (κ3) is 3.06. The van der Waals surface area contributed by atoms with Crippen LogP contribution in [-0.2, 0) is 18.4 Å². The molecule has 1 unspecified atom stereocenters. The monoisotopic (exact) mass is 344 g/mol. The van der Waals surface area contributed by atoms with Gasteiger partial charge in [-0.1, -0.05) is 0 Å². The normalized spacial score (nSPS) is 21.9. The van der Waals surface area contributed by atoms with E-state index in [1.54, 1.807) is 29.3 Å². The van der Waals surface area contributed by atoms with Crippen molar-refractivity contribution in [2.45, 2.75) is 23.9 Å². The van der Waals surface area contributed by atoms with E-state index in [1.807, 2.05) is 35.8 Å². The Morgan fingerprint density at radius 3 is 2.88 bits per heavy atom. The largest absolute Gasteiger partial charge is 0.373 e. The summed E-state index contributed by atoms with van der Waals surface area (Å²) >= 11 is 1.94. The number of nitrogens with zero attached hydrogens (tertiary/aromatic N) is 4. The van der Waals surface area contributed by atoms with E-state index in [1.165, 1.54) is 0 Å². The predicted molar refractivity (Wildman–Crippen MR) is 91.7 cm³/mol. The molecule has 0 radical (unpaired) electrons. The number of pyridine rings is 1. The number of ether oxygens (including phenoxy) is 1. The minimum Gasteiger partial charge on any atom is -0.373 e. The second-order valence-electron chi connectivity index (χ2n) is 6.52. The van der Waals surface area contributed by atoms with E-state index in [-0.39, 0.29) is 16.8 Å². The zero-order chi connectivity index (χ0) is 16.6. The third-order valence-electron chi connectivity index (χ3n) is 4.59. The zero-order valence-electron chi connectivity index (χ0n) is 13.6. The smallest absolute Gasteiger partial charge is 0.274 e. The summed E-state index contributed by atoms with van der Waals surface area (Å²) < 4.78 is 7.87. The fourth-order valence-electron chi connectivity index (χ4n) is 3.31. The molecule has 24 heavy (non-hydrogen) atoms. The molecule has 2 aliphatic rings. The van der Waals surface area contributed by atoms with Crippen LogP contribution in [0.1, 0.15) is 22.5 Å². The molecule has 2 fully saturated rings. The molecule has 0 N–H and O–H groups in total. The van der Waals surface area contributed by atoms with Crippen molar-refractivity contribution in [3.05, 3.63) is 48.0 Å². The van der Waals surface area contributed by atoms with Crippen molar-refractivity contribution in [3.8, 4) is 0 Å². The van der Waals surface area contributed by atoms with Gasteiger partial charge in [-0.2, -0.15) is 5.10 Å². The zero-order valence-corrected chi connectivity index (χ0v) is 14.4. The van der Waals surface area contributed by atoms with Gasteiger partial charge in [0, 0.05) is 44.5 Å². The lowest BCUT2D eigenvalue weighted by Gasteiger charge is -2.47. The summed E-state index contributed by atoms with van der Waals surface area (Å²) in [5.74, 6) is 1.03. The average molecular weight is 344 g/mol. The van der Waals surface area contributed by atoms with Crippen LogP contribution in [0, 0.1) is 0 Å². The minimum atomic E-state index is 0.0305. The number of thioether (sulfide) groups is 1. The van der Waals surface area contributed by atoms with Gasteiger partial charge in [-0.3, -0.25) is 14.5 Å². The Kier molecular flexibility index (Phi) is 4.05. The van der Waals surface area contributed by atoms with E-state index in [9.17, 15) is 4.79 Å². The van der Waals surface area contributed by atoms with E-state index in [4.69, 9.17) is 4.74 Å². The highest BCUT2D eigenvalue weighted by Crippen LogP contribution is 2.46. The molecular formula is C17H20N4O2S. The van der Waals surface area contributed by atoms with Crippen molar-refractivity contribution in [2.75, 3.05) is 18.8 Å². The lowest BCUT2D eigenvalue weighted by atomic mass is 9.92. The standard InChI is InChI=1S/C17H20N4O2S/c1-20-7-4-15(19-20)16(22)21-11-17(12-21)8-14(10-24-17)23-9-13-2-5-18-6-3-13/h2-7,14H,8-12H2,1H3. The van der Waals surface area contributed by atoms with Crippen molar-refractivity contribution >= 4 is 17.7 Å². The van der Waals surface area contributed by atoms with E-state index < -0.39 is 0 Å². The van der Waals surface area contributed by atoms with Crippen molar-refractivity contribution in [1.29, 1.82) is 0 Å². The van der Waals surface area contributed by atoms with Gasteiger partial charge >= 0.3 is 0 Å². The van der Waals surface area contributed by atoms with Crippen LogP contribution in [0.15, 0.2) is 36.8 Å². The third-order valence-corrected chi connectivity index (χ3v) is 6.16. The number of rotatable bonds is 4. The van der Waals surface area contributed by atoms with E-state index in [0.717, 1.165) is 30.8 Å². The molecule has 0 aromatic carbocycles. The lowest BCUT2D eigenvalue weighted by Crippen LogP contribution is -2.60. The average Bonchev–Trinajstić information content (AvgIpc) is 3.18. The summed E-state index contributed by atoms with van der Waals surface area (Å²) in [7, 11) is 1.83. The molecule has 0 bridgehead atoms. The summed E-state index contributed by atoms with van der Waals surface area (Å²) in [5.41, 5.74) is 1.68. The molecule has 1 amide bonds. The van der Waals surface area contributed by atoms with Gasteiger partial charge in [0.05, 0.1) is 17.5 Å². The highest BCUT2D eigenvalue weighted by atomic mass is 32.2. The van der Waals surface area contributed by atoms with Crippen molar-refractivity contribution in [3.63, 3.8) is 0 Å². The number of aromatic nitrogens is 3. The second-order valence-corrected chi connectivity index (χ2v) is 8.01. The van der Waals surface area contributed by atoms with Crippen molar-refractivity contribution < 1.29 is 9.53 Å². The first-order valence-corrected chi connectivity index (χ1v) is 9.06. The molecule has 1 spiro atoms. The molecule has 0 aliphatic carbocycles. The first kappa shape index (κ1) is 15.7. The van der Waals surface area contributed by atoms with Crippen molar-refractivity contribution in [2.24, 2.45) is 7.05 Å². The number of amides is 1. The van der Waals surface area contributed by atoms with Crippen LogP contribution >= 0.6 is 11.8 Å². The van der Waals surface area contributed by atoms with Gasteiger partial charge < -0.3 is 9.64 Å². The molecule has 2 aromatic heterocycles. The van der Waals surface area contributed by atoms with Gasteiger partial charge in [-0.15, -0.1) is 11.8 Å². The number of carbonyl (C=O) groups is 1. The van der Waals surface area contributed by atoms with Crippen LogP contribution in [0.4, 0.5) is 0 Å². The summed E-state index contributed by atoms with van der Waals surface area (Å²) in [6.45, 7) is 2.21. The molecule has 2 saturated heterocycles. The van der Waals surface area contributed by atoms with Crippen molar-refractivity contribution in [1.82, 2.24) is 19.7 Å². The first-order chi connectivity index (χ1) is 11.6. The summed E-state index contributed by atoms with van der Waals surface area (Å²) in [6, 6.07) is 5.73. The highest BCUT2D eigenvalue weighted by molar-refractivity contribution is 8.01. The van der Waals surface area contributed by atoms with Gasteiger partial charge in [-0.05, 0) is 30.2 Å². The molecule has 0 saturated carbocycles. The van der Waals surface area contributed by atoms with Crippen LogP contribution in [-0.4, -0.2) is 55.3 Å². The van der Waals surface area contributed by atoms with Crippen LogP contribution in [0.3, 0.4) is 0 Å². The molecule has 4 heterocycles. The molecular weight excluding hydrogens is 324 g/mol. The topological polar surface area (TPSA) is 60.2 Å². The highest BCUT2D eigenvalue weighted by Gasteiger charge is 2.51. The number of likely N-dealkylation sites (tertiary alicyclic amines) is 1. The Labute approximate surface area is 145 Å². The minimum absolute atomic E-state index is 0.0305. The van der Waals surface area contributed by atoms with E-state index >= 15 is 0 Å². The predicted octanol–water partition coefficient (Wildman–Crippen LogP) is 1.73. The van der Waals surface area contributed by atoms with E-state index in [0.29, 0.717) is 12.3 Å². The van der Waals surface area contributed by atoms with Gasteiger partial charge in [0.2, 0.25) is 0 Å². The van der Waals surface area contributed by atoms with Gasteiger partial charge in [0.1, 0.15) is 5.69 Å². The maximum atomic E-state index is 12.4. The summed E-state index contributed by atoms with van der Waals surface area (Å²) in [5, 5.41) is 4.20. The molecule has 2 aromatic rings. The van der Waals surface area contributed by atoms with Gasteiger partial charge in [-0.25, -0.2) is 0 Å². The molecule has 7 heteroatoms. The lowest BCUT2D eigenvalue weighted by molar-refractivity contribution is 0.0253. The number of aryl methyl sites for hydroxylation is 1. The van der Waals surface area contributed by atoms with Crippen LogP contribution in [0.25, 0.3) is 0 Å². The maximum Gasteiger partial charge on any atom is 0.274 e. The fourth-order valence-corrected chi connectivity index (χ4v) is 4.86. The second kappa shape index (κ2) is 6.22. The molecule has 1 atom stereocenters. The molecule has 126 valence electrons. The fraction of sp³-hybridized carbons (Fsp3) is 0.471. The van der Waals surface area contributed by atoms with Crippen LogP contribution in [0.2, 0.25) is 0 Å². The van der Waals surface area contributed by atoms with Crippen LogP contribution in [0.5, 0.6) is 0 Å². The Balaban J connectivity index is 1.28. The Morgan fingerprint density at radius 2 is 2.17 bits per heavy atom. The quantitative estimate of drug-likeness (QED) is 0.845. The molecule has 4 rings (SSSR count). The Bertz CT molecular complexity index is 727. The summed E-state index contributed by atoms with van der Waals surface area (Å²) in [6.07, 6.45) is 6.65. The SMILES string of the molecule is Cn1ccc(C(=O)N2CC3(CC(OCc4ccncc4)CS3)C2)n1. The first-order valence-electron chi connectivity index (χ1n) is 8.07. The van der Waals surface area contributed by atoms with Gasteiger partial charge in [0.25, 0.3) is 5.91 Å². The maximum absolute atomic E-state index is 12.4. The van der Waals surface area contributed by atoms with Gasteiger partial charge in [0.15, 0.2) is 0 Å². The van der Waals surface area contributed by atoms with Crippen LogP contribution < -0.4 is 0 Å².